The molecule has 17 heavy (non-hydrogen) atoms. The van der Waals surface area contributed by atoms with Crippen molar-refractivity contribution < 1.29 is 9.18 Å². The molecule has 3 heteroatoms. The third-order valence-electron chi connectivity index (χ3n) is 3.44. The van der Waals surface area contributed by atoms with Gasteiger partial charge in [0.1, 0.15) is 5.82 Å². The van der Waals surface area contributed by atoms with Crippen LogP contribution >= 0.6 is 0 Å². The van der Waals surface area contributed by atoms with Crippen LogP contribution in [0.15, 0.2) is 24.3 Å². The summed E-state index contributed by atoms with van der Waals surface area (Å²) in [5.41, 5.74) is 1.01. The van der Waals surface area contributed by atoms with Crippen molar-refractivity contribution in [2.75, 3.05) is 6.54 Å². The van der Waals surface area contributed by atoms with Crippen LogP contribution in [0.3, 0.4) is 0 Å². The smallest absolute Gasteiger partial charge is 0.219 e. The van der Waals surface area contributed by atoms with Gasteiger partial charge in [-0.25, -0.2) is 4.39 Å². The van der Waals surface area contributed by atoms with Gasteiger partial charge in [0.15, 0.2) is 0 Å². The van der Waals surface area contributed by atoms with E-state index in [0.29, 0.717) is 6.04 Å². The molecule has 0 saturated carbocycles. The van der Waals surface area contributed by atoms with Gasteiger partial charge >= 0.3 is 0 Å². The third kappa shape index (κ3) is 3.05. The SMILES string of the molecule is CC(=O)N1CCC[C@@H]1CCc1cccc(F)c1. The van der Waals surface area contributed by atoms with E-state index >= 15 is 0 Å². The molecule has 1 fully saturated rings. The number of aryl methyl sites for hydroxylation is 1. The van der Waals surface area contributed by atoms with E-state index in [2.05, 4.69) is 0 Å². The second-order valence-electron chi connectivity index (χ2n) is 4.68. The maximum atomic E-state index is 13.0. The molecule has 1 saturated heterocycles. The molecule has 0 N–H and O–H groups in total. The average Bonchev–Trinajstić information content (AvgIpc) is 2.74. The maximum Gasteiger partial charge on any atom is 0.219 e. The topological polar surface area (TPSA) is 20.3 Å². The Morgan fingerprint density at radius 3 is 3.06 bits per heavy atom. The van der Waals surface area contributed by atoms with Crippen molar-refractivity contribution in [3.8, 4) is 0 Å². The number of halogens is 1. The van der Waals surface area contributed by atoms with Crippen molar-refractivity contribution in [3.05, 3.63) is 35.6 Å². The number of amides is 1. The van der Waals surface area contributed by atoms with Crippen molar-refractivity contribution >= 4 is 5.91 Å². The fourth-order valence-electron chi connectivity index (χ4n) is 2.58. The van der Waals surface area contributed by atoms with Gasteiger partial charge in [0.25, 0.3) is 0 Å². The molecule has 1 atom stereocenters. The van der Waals surface area contributed by atoms with Crippen LogP contribution in [0.4, 0.5) is 4.39 Å². The summed E-state index contributed by atoms with van der Waals surface area (Å²) < 4.78 is 13.0. The van der Waals surface area contributed by atoms with E-state index in [1.54, 1.807) is 19.1 Å². The number of nitrogens with zero attached hydrogens (tertiary/aromatic N) is 1. The molecule has 1 aliphatic rings. The van der Waals surface area contributed by atoms with E-state index in [4.69, 9.17) is 0 Å². The molecule has 2 nitrogen and oxygen atoms in total. The molecular weight excluding hydrogens is 217 g/mol. The van der Waals surface area contributed by atoms with Crippen LogP contribution in [0.1, 0.15) is 31.7 Å². The molecule has 0 radical (unpaired) electrons. The van der Waals surface area contributed by atoms with Gasteiger partial charge in [-0.15, -0.1) is 0 Å². The molecule has 1 aromatic carbocycles. The molecule has 0 aromatic heterocycles. The Balaban J connectivity index is 1.91. The molecule has 1 amide bonds. The van der Waals surface area contributed by atoms with Crippen LogP contribution in [0.25, 0.3) is 0 Å². The van der Waals surface area contributed by atoms with Crippen LogP contribution in [0, 0.1) is 5.82 Å². The Hall–Kier alpha value is -1.38. The van der Waals surface area contributed by atoms with Crippen LogP contribution < -0.4 is 0 Å². The van der Waals surface area contributed by atoms with Crippen LogP contribution in [0.5, 0.6) is 0 Å². The average molecular weight is 235 g/mol. The lowest BCUT2D eigenvalue weighted by Gasteiger charge is -2.23. The Morgan fingerprint density at radius 1 is 1.53 bits per heavy atom. The molecular formula is C14H18FNO. The molecule has 0 spiro atoms. The minimum absolute atomic E-state index is 0.159. The first-order valence-corrected chi connectivity index (χ1v) is 6.18. The lowest BCUT2D eigenvalue weighted by atomic mass is 10.0. The van der Waals surface area contributed by atoms with Gasteiger partial charge in [-0.3, -0.25) is 4.79 Å². The Kier molecular flexibility index (Phi) is 3.77. The zero-order valence-corrected chi connectivity index (χ0v) is 10.2. The van der Waals surface area contributed by atoms with E-state index in [1.807, 2.05) is 11.0 Å². The van der Waals surface area contributed by atoms with E-state index in [1.165, 1.54) is 6.07 Å². The fraction of sp³-hybridized carbons (Fsp3) is 0.500. The minimum Gasteiger partial charge on any atom is -0.340 e. The zero-order chi connectivity index (χ0) is 12.3. The second kappa shape index (κ2) is 5.30. The van der Waals surface area contributed by atoms with Gasteiger partial charge < -0.3 is 4.90 Å². The highest BCUT2D eigenvalue weighted by molar-refractivity contribution is 5.73. The molecule has 92 valence electrons. The van der Waals surface area contributed by atoms with E-state index < -0.39 is 0 Å². The highest BCUT2D eigenvalue weighted by Crippen LogP contribution is 2.21. The normalized spacial score (nSPS) is 19.6. The Labute approximate surface area is 101 Å². The quantitative estimate of drug-likeness (QED) is 0.789. The van der Waals surface area contributed by atoms with Crippen molar-refractivity contribution in [1.82, 2.24) is 4.90 Å². The van der Waals surface area contributed by atoms with Gasteiger partial charge in [-0.1, -0.05) is 12.1 Å². The number of carbonyl (C=O) groups excluding carboxylic acids is 1. The van der Waals surface area contributed by atoms with E-state index in [9.17, 15) is 9.18 Å². The van der Waals surface area contributed by atoms with Crippen molar-refractivity contribution in [2.24, 2.45) is 0 Å². The molecule has 0 aliphatic carbocycles. The van der Waals surface area contributed by atoms with Gasteiger partial charge in [-0.2, -0.15) is 0 Å². The number of hydrogen-bond acceptors (Lipinski definition) is 1. The summed E-state index contributed by atoms with van der Waals surface area (Å²) >= 11 is 0. The van der Waals surface area contributed by atoms with Gasteiger partial charge in [0.05, 0.1) is 0 Å². The standard InChI is InChI=1S/C14H18FNO/c1-11(17)16-9-3-6-14(16)8-7-12-4-2-5-13(15)10-12/h2,4-5,10,14H,3,6-9H2,1H3/t14-/m1/s1. The lowest BCUT2D eigenvalue weighted by Crippen LogP contribution is -2.33. The summed E-state index contributed by atoms with van der Waals surface area (Å²) in [6.07, 6.45) is 3.94. The molecule has 0 bridgehead atoms. The van der Waals surface area contributed by atoms with Gasteiger partial charge in [-0.05, 0) is 43.4 Å². The predicted octanol–water partition coefficient (Wildman–Crippen LogP) is 2.77. The summed E-state index contributed by atoms with van der Waals surface area (Å²) in [6.45, 7) is 2.50. The van der Waals surface area contributed by atoms with Crippen molar-refractivity contribution in [3.63, 3.8) is 0 Å². The van der Waals surface area contributed by atoms with Gasteiger partial charge in [0, 0.05) is 19.5 Å². The summed E-state index contributed by atoms with van der Waals surface area (Å²) in [7, 11) is 0. The highest BCUT2D eigenvalue weighted by Gasteiger charge is 2.25. The summed E-state index contributed by atoms with van der Waals surface area (Å²) in [5, 5.41) is 0. The number of hydrogen-bond donors (Lipinski definition) is 0. The lowest BCUT2D eigenvalue weighted by molar-refractivity contribution is -0.129. The predicted molar refractivity (Wildman–Crippen MR) is 65.1 cm³/mol. The number of benzene rings is 1. The third-order valence-corrected chi connectivity index (χ3v) is 3.44. The van der Waals surface area contributed by atoms with Gasteiger partial charge in [0.2, 0.25) is 5.91 Å². The number of likely N-dealkylation sites (tertiary alicyclic amines) is 1. The van der Waals surface area contributed by atoms with Crippen LogP contribution in [0.2, 0.25) is 0 Å². The summed E-state index contributed by atoms with van der Waals surface area (Å²) in [5.74, 6) is -0.0240. The van der Waals surface area contributed by atoms with E-state index in [-0.39, 0.29) is 11.7 Å². The van der Waals surface area contributed by atoms with Crippen molar-refractivity contribution in [1.29, 1.82) is 0 Å². The number of rotatable bonds is 3. The summed E-state index contributed by atoms with van der Waals surface area (Å²) in [6, 6.07) is 7.06. The molecule has 1 heterocycles. The first-order chi connectivity index (χ1) is 8.16. The summed E-state index contributed by atoms with van der Waals surface area (Å²) in [4.78, 5) is 13.3. The minimum atomic E-state index is -0.183. The van der Waals surface area contributed by atoms with Crippen LogP contribution in [-0.4, -0.2) is 23.4 Å². The largest absolute Gasteiger partial charge is 0.340 e. The number of carbonyl (C=O) groups is 1. The molecule has 2 rings (SSSR count). The first kappa shape index (κ1) is 12.1. The molecule has 1 aromatic rings. The molecule has 0 unspecified atom stereocenters. The Bertz CT molecular complexity index is 405. The first-order valence-electron chi connectivity index (χ1n) is 6.18. The van der Waals surface area contributed by atoms with Crippen molar-refractivity contribution in [2.45, 2.75) is 38.6 Å². The second-order valence-corrected chi connectivity index (χ2v) is 4.68. The zero-order valence-electron chi connectivity index (χ0n) is 10.2. The monoisotopic (exact) mass is 235 g/mol. The highest BCUT2D eigenvalue weighted by atomic mass is 19.1. The maximum absolute atomic E-state index is 13.0. The van der Waals surface area contributed by atoms with E-state index in [0.717, 1.165) is 37.8 Å². The Morgan fingerprint density at radius 2 is 2.35 bits per heavy atom. The van der Waals surface area contributed by atoms with Crippen LogP contribution in [-0.2, 0) is 11.2 Å². The molecule has 1 aliphatic heterocycles. The fourth-order valence-corrected chi connectivity index (χ4v) is 2.58.